The van der Waals surface area contributed by atoms with E-state index < -0.39 is 0 Å². The van der Waals surface area contributed by atoms with Crippen molar-refractivity contribution >= 4 is 20.2 Å². The van der Waals surface area contributed by atoms with Crippen LogP contribution in [0.2, 0.25) is 0 Å². The van der Waals surface area contributed by atoms with Gasteiger partial charge >= 0.3 is 0 Å². The van der Waals surface area contributed by atoms with Crippen LogP contribution in [0.5, 0.6) is 5.75 Å². The maximum Gasteiger partial charge on any atom is 0.141 e. The van der Waals surface area contributed by atoms with Crippen molar-refractivity contribution in [3.63, 3.8) is 0 Å². The van der Waals surface area contributed by atoms with Gasteiger partial charge in [0.2, 0.25) is 0 Å². The zero-order valence-electron chi connectivity index (χ0n) is 10.0. The van der Waals surface area contributed by atoms with Crippen LogP contribution in [-0.2, 0) is 0 Å². The van der Waals surface area contributed by atoms with Gasteiger partial charge in [-0.25, -0.2) is 0 Å². The van der Waals surface area contributed by atoms with E-state index in [1.165, 1.54) is 16.4 Å². The van der Waals surface area contributed by atoms with E-state index in [0.717, 1.165) is 5.56 Å². The number of nitrogen functional groups attached to an aromatic ring is 1. The lowest BCUT2D eigenvalue weighted by atomic mass is 10.00. The molecule has 3 heteroatoms. The molecular formula is C14H16NOP. The highest BCUT2D eigenvalue weighted by atomic mass is 31.0. The standard InChI is InChI=1S/C14H16NOP/c1-9-11(4-3-5-14(9)17)10-6-7-13(16-2)12(15)8-10/h3-8H,15,17H2,1-2H3. The minimum atomic E-state index is 0.665. The summed E-state index contributed by atoms with van der Waals surface area (Å²) in [4.78, 5) is 0. The third-order valence-corrected chi connectivity index (χ3v) is 3.54. The Morgan fingerprint density at radius 3 is 2.59 bits per heavy atom. The monoisotopic (exact) mass is 245 g/mol. The van der Waals surface area contributed by atoms with Crippen LogP contribution >= 0.6 is 9.24 Å². The van der Waals surface area contributed by atoms with Crippen LogP contribution in [0.1, 0.15) is 5.56 Å². The van der Waals surface area contributed by atoms with Crippen molar-refractivity contribution in [2.24, 2.45) is 0 Å². The van der Waals surface area contributed by atoms with Gasteiger partial charge in [0, 0.05) is 0 Å². The molecule has 0 aliphatic rings. The molecule has 0 heterocycles. The first-order valence-corrected chi connectivity index (χ1v) is 6.00. The lowest BCUT2D eigenvalue weighted by Gasteiger charge is -2.11. The summed E-state index contributed by atoms with van der Waals surface area (Å²) in [6.07, 6.45) is 0. The number of hydrogen-bond donors (Lipinski definition) is 1. The van der Waals surface area contributed by atoms with Gasteiger partial charge in [0.25, 0.3) is 0 Å². The van der Waals surface area contributed by atoms with Crippen molar-refractivity contribution in [3.05, 3.63) is 42.0 Å². The molecule has 0 aliphatic carbocycles. The molecule has 2 aromatic rings. The number of hydrogen-bond acceptors (Lipinski definition) is 2. The molecule has 0 spiro atoms. The quantitative estimate of drug-likeness (QED) is 0.652. The van der Waals surface area contributed by atoms with E-state index in [1.54, 1.807) is 7.11 Å². The molecule has 2 N–H and O–H groups in total. The van der Waals surface area contributed by atoms with Gasteiger partial charge in [0.15, 0.2) is 0 Å². The van der Waals surface area contributed by atoms with E-state index in [4.69, 9.17) is 10.5 Å². The van der Waals surface area contributed by atoms with Gasteiger partial charge in [-0.2, -0.15) is 0 Å². The second kappa shape index (κ2) is 4.77. The Balaban J connectivity index is 2.54. The summed E-state index contributed by atoms with van der Waals surface area (Å²) in [6.45, 7) is 2.11. The minimum Gasteiger partial charge on any atom is -0.495 e. The van der Waals surface area contributed by atoms with Gasteiger partial charge in [0.1, 0.15) is 5.75 Å². The lowest BCUT2D eigenvalue weighted by Crippen LogP contribution is -1.99. The molecule has 2 aromatic carbocycles. The predicted molar refractivity (Wildman–Crippen MR) is 76.9 cm³/mol. The topological polar surface area (TPSA) is 35.2 Å². The molecule has 1 unspecified atom stereocenters. The Hall–Kier alpha value is -1.53. The van der Waals surface area contributed by atoms with Crippen molar-refractivity contribution in [1.82, 2.24) is 0 Å². The van der Waals surface area contributed by atoms with E-state index in [9.17, 15) is 0 Å². The highest BCUT2D eigenvalue weighted by Crippen LogP contribution is 2.29. The smallest absolute Gasteiger partial charge is 0.141 e. The Kier molecular flexibility index (Phi) is 3.35. The van der Waals surface area contributed by atoms with E-state index in [1.807, 2.05) is 24.3 Å². The molecule has 0 bridgehead atoms. The molecule has 0 aliphatic heterocycles. The average Bonchev–Trinajstić information content (AvgIpc) is 2.32. The molecule has 88 valence electrons. The van der Waals surface area contributed by atoms with Crippen LogP contribution < -0.4 is 15.8 Å². The Morgan fingerprint density at radius 2 is 1.94 bits per heavy atom. The number of anilines is 1. The van der Waals surface area contributed by atoms with Gasteiger partial charge in [-0.1, -0.05) is 24.3 Å². The fourth-order valence-corrected chi connectivity index (χ4v) is 2.13. The first-order valence-electron chi connectivity index (χ1n) is 5.42. The second-order valence-corrected chi connectivity index (χ2v) is 4.60. The first kappa shape index (κ1) is 11.9. The summed E-state index contributed by atoms with van der Waals surface area (Å²) in [5.41, 5.74) is 10.2. The SMILES string of the molecule is COc1ccc(-c2cccc(P)c2C)cc1N. The minimum absolute atomic E-state index is 0.665. The third-order valence-electron chi connectivity index (χ3n) is 2.92. The molecule has 2 rings (SSSR count). The molecule has 17 heavy (non-hydrogen) atoms. The lowest BCUT2D eigenvalue weighted by molar-refractivity contribution is 0.417. The third kappa shape index (κ3) is 2.27. The van der Waals surface area contributed by atoms with Gasteiger partial charge < -0.3 is 10.5 Å². The summed E-state index contributed by atoms with van der Waals surface area (Å²) in [5.74, 6) is 0.716. The summed E-state index contributed by atoms with van der Waals surface area (Å²) in [7, 11) is 4.37. The zero-order chi connectivity index (χ0) is 12.4. The maximum absolute atomic E-state index is 5.93. The molecule has 0 fully saturated rings. The Bertz CT molecular complexity index is 552. The predicted octanol–water partition coefficient (Wildman–Crippen LogP) is 2.75. The molecule has 2 nitrogen and oxygen atoms in total. The van der Waals surface area contributed by atoms with Crippen LogP contribution in [0.15, 0.2) is 36.4 Å². The fraction of sp³-hybridized carbons (Fsp3) is 0.143. The molecule has 0 saturated carbocycles. The van der Waals surface area contributed by atoms with Crippen molar-refractivity contribution < 1.29 is 4.74 Å². The normalized spacial score (nSPS) is 10.3. The van der Waals surface area contributed by atoms with E-state index >= 15 is 0 Å². The molecular weight excluding hydrogens is 229 g/mol. The first-order chi connectivity index (χ1) is 8.13. The Labute approximate surface area is 104 Å². The number of rotatable bonds is 2. The number of ether oxygens (including phenoxy) is 1. The largest absolute Gasteiger partial charge is 0.495 e. The van der Waals surface area contributed by atoms with Crippen LogP contribution in [0.3, 0.4) is 0 Å². The van der Waals surface area contributed by atoms with E-state index in [0.29, 0.717) is 11.4 Å². The van der Waals surface area contributed by atoms with Gasteiger partial charge in [0.05, 0.1) is 12.8 Å². The van der Waals surface area contributed by atoms with Crippen LogP contribution in [0.25, 0.3) is 11.1 Å². The van der Waals surface area contributed by atoms with Crippen LogP contribution in [-0.4, -0.2) is 7.11 Å². The van der Waals surface area contributed by atoms with Gasteiger partial charge in [-0.05, 0) is 41.1 Å². The maximum atomic E-state index is 5.93. The summed E-state index contributed by atoms with van der Waals surface area (Å²) in [6, 6.07) is 12.1. The van der Waals surface area contributed by atoms with E-state index in [-0.39, 0.29) is 0 Å². The van der Waals surface area contributed by atoms with Crippen molar-refractivity contribution in [1.29, 1.82) is 0 Å². The fourth-order valence-electron chi connectivity index (χ4n) is 1.87. The number of nitrogens with two attached hydrogens (primary N) is 1. The Morgan fingerprint density at radius 1 is 1.18 bits per heavy atom. The number of benzene rings is 2. The highest BCUT2D eigenvalue weighted by molar-refractivity contribution is 7.27. The average molecular weight is 245 g/mol. The van der Waals surface area contributed by atoms with Gasteiger partial charge in [-0.3, -0.25) is 0 Å². The van der Waals surface area contributed by atoms with Crippen LogP contribution in [0, 0.1) is 6.92 Å². The van der Waals surface area contributed by atoms with Crippen LogP contribution in [0.4, 0.5) is 5.69 Å². The summed E-state index contributed by atoms with van der Waals surface area (Å²) < 4.78 is 5.16. The van der Waals surface area contributed by atoms with Gasteiger partial charge in [-0.15, -0.1) is 9.24 Å². The second-order valence-electron chi connectivity index (χ2n) is 3.98. The van der Waals surface area contributed by atoms with Crippen molar-refractivity contribution in [3.8, 4) is 16.9 Å². The molecule has 0 radical (unpaired) electrons. The molecule has 0 saturated heterocycles. The zero-order valence-corrected chi connectivity index (χ0v) is 11.2. The number of methoxy groups -OCH3 is 1. The molecule has 0 amide bonds. The molecule has 0 aromatic heterocycles. The highest BCUT2D eigenvalue weighted by Gasteiger charge is 2.06. The van der Waals surface area contributed by atoms with Crippen molar-refractivity contribution in [2.45, 2.75) is 6.92 Å². The van der Waals surface area contributed by atoms with Crippen molar-refractivity contribution in [2.75, 3.05) is 12.8 Å². The molecule has 1 atom stereocenters. The summed E-state index contributed by atoms with van der Waals surface area (Å²) in [5, 5.41) is 1.21. The summed E-state index contributed by atoms with van der Waals surface area (Å²) >= 11 is 0. The van der Waals surface area contributed by atoms with E-state index in [2.05, 4.69) is 28.3 Å².